The van der Waals surface area contributed by atoms with Crippen LogP contribution in [0.15, 0.2) is 57.2 Å². The fourth-order valence-corrected chi connectivity index (χ4v) is 2.59. The van der Waals surface area contributed by atoms with E-state index in [9.17, 15) is 9.59 Å². The molecule has 0 aliphatic heterocycles. The summed E-state index contributed by atoms with van der Waals surface area (Å²) < 4.78 is 3.00. The lowest BCUT2D eigenvalue weighted by Crippen LogP contribution is -2.29. The maximum Gasteiger partial charge on any atom is 0.329 e. The van der Waals surface area contributed by atoms with Crippen molar-refractivity contribution in [1.82, 2.24) is 19.1 Å². The number of aromatic amines is 1. The number of aromatic nitrogens is 4. The highest BCUT2D eigenvalue weighted by atomic mass is 16.2. The van der Waals surface area contributed by atoms with Gasteiger partial charge >= 0.3 is 5.69 Å². The Labute approximate surface area is 149 Å². The van der Waals surface area contributed by atoms with Gasteiger partial charge in [-0.2, -0.15) is 10.1 Å². The monoisotopic (exact) mass is 352 g/mol. The molecule has 0 atom stereocenters. The van der Waals surface area contributed by atoms with E-state index in [0.29, 0.717) is 23.7 Å². The standard InChI is InChI=1S/C18H20N6O2/c1-4-5-11-24-14-15(23(3)18(26)20-16(14)25)19-17(24)22-21-12(2)13-9-7-6-8-10-13/h4-10H,11H2,1-3H3,(H,19,22)(H,20,25,26)/b5-4+,21-12-. The summed E-state index contributed by atoms with van der Waals surface area (Å²) in [6, 6.07) is 9.72. The maximum absolute atomic E-state index is 12.3. The molecule has 0 fully saturated rings. The van der Waals surface area contributed by atoms with E-state index in [2.05, 4.69) is 20.5 Å². The number of fused-ring (bicyclic) bond motifs is 1. The van der Waals surface area contributed by atoms with Gasteiger partial charge in [0, 0.05) is 13.6 Å². The molecule has 3 rings (SSSR count). The Kier molecular flexibility index (Phi) is 4.83. The lowest BCUT2D eigenvalue weighted by Gasteiger charge is -2.06. The minimum atomic E-state index is -0.506. The molecule has 0 aliphatic carbocycles. The van der Waals surface area contributed by atoms with Gasteiger partial charge < -0.3 is 0 Å². The number of nitrogens with zero attached hydrogens (tertiary/aromatic N) is 4. The van der Waals surface area contributed by atoms with Crippen molar-refractivity contribution in [2.75, 3.05) is 5.43 Å². The fraction of sp³-hybridized carbons (Fsp3) is 0.222. The van der Waals surface area contributed by atoms with Crippen molar-refractivity contribution in [3.05, 3.63) is 68.9 Å². The van der Waals surface area contributed by atoms with E-state index >= 15 is 0 Å². The zero-order valence-corrected chi connectivity index (χ0v) is 14.9. The van der Waals surface area contributed by atoms with Gasteiger partial charge in [0.1, 0.15) is 0 Å². The number of allylic oxidation sites excluding steroid dienone is 2. The van der Waals surface area contributed by atoms with Crippen LogP contribution >= 0.6 is 0 Å². The predicted octanol–water partition coefficient (Wildman–Crippen LogP) is 1.84. The van der Waals surface area contributed by atoms with Crippen LogP contribution in [0.1, 0.15) is 19.4 Å². The van der Waals surface area contributed by atoms with E-state index < -0.39 is 11.2 Å². The summed E-state index contributed by atoms with van der Waals surface area (Å²) >= 11 is 0. The highest BCUT2D eigenvalue weighted by Crippen LogP contribution is 2.15. The van der Waals surface area contributed by atoms with Crippen LogP contribution in [0.25, 0.3) is 11.2 Å². The number of H-pyrrole nitrogens is 1. The second-order valence-electron chi connectivity index (χ2n) is 5.78. The topological polar surface area (TPSA) is 97.1 Å². The number of hydrazone groups is 1. The van der Waals surface area contributed by atoms with Gasteiger partial charge in [-0.25, -0.2) is 10.2 Å². The third kappa shape index (κ3) is 3.21. The van der Waals surface area contributed by atoms with Gasteiger partial charge in [-0.05, 0) is 19.4 Å². The first-order valence-corrected chi connectivity index (χ1v) is 8.19. The first kappa shape index (κ1) is 17.4. The SMILES string of the molecule is C/C=C/Cn1c(N/N=C(/C)c2ccccc2)nc2c1c(=O)[nH]c(=O)n2C. The molecule has 2 N–H and O–H groups in total. The van der Waals surface area contributed by atoms with Gasteiger partial charge in [0.15, 0.2) is 11.2 Å². The molecule has 8 nitrogen and oxygen atoms in total. The van der Waals surface area contributed by atoms with Gasteiger partial charge in [0.2, 0.25) is 5.95 Å². The molecule has 0 bridgehead atoms. The molecule has 26 heavy (non-hydrogen) atoms. The van der Waals surface area contributed by atoms with Crippen LogP contribution in [-0.4, -0.2) is 24.8 Å². The molecule has 2 heterocycles. The first-order valence-electron chi connectivity index (χ1n) is 8.19. The number of benzene rings is 1. The highest BCUT2D eigenvalue weighted by molar-refractivity contribution is 5.99. The average Bonchev–Trinajstić information content (AvgIpc) is 3.02. The summed E-state index contributed by atoms with van der Waals surface area (Å²) in [4.78, 5) is 30.8. The Morgan fingerprint density at radius 3 is 2.73 bits per heavy atom. The third-order valence-corrected chi connectivity index (χ3v) is 4.05. The summed E-state index contributed by atoms with van der Waals surface area (Å²) in [5.74, 6) is 0.389. The van der Waals surface area contributed by atoms with Crippen molar-refractivity contribution < 1.29 is 0 Å². The van der Waals surface area contributed by atoms with E-state index in [1.807, 2.05) is 56.3 Å². The van der Waals surface area contributed by atoms with Crippen LogP contribution in [0.3, 0.4) is 0 Å². The van der Waals surface area contributed by atoms with Gasteiger partial charge in [-0.15, -0.1) is 0 Å². The number of aryl methyl sites for hydroxylation is 1. The van der Waals surface area contributed by atoms with Crippen LogP contribution < -0.4 is 16.7 Å². The van der Waals surface area contributed by atoms with E-state index in [-0.39, 0.29) is 0 Å². The molecule has 0 unspecified atom stereocenters. The Hall–Kier alpha value is -3.42. The Balaban J connectivity index is 2.10. The molecule has 0 saturated carbocycles. The first-order chi connectivity index (χ1) is 12.5. The molecule has 0 radical (unpaired) electrons. The summed E-state index contributed by atoms with van der Waals surface area (Å²) in [6.45, 7) is 4.20. The second-order valence-corrected chi connectivity index (χ2v) is 5.78. The van der Waals surface area contributed by atoms with Crippen LogP contribution in [0.5, 0.6) is 0 Å². The van der Waals surface area contributed by atoms with Crippen LogP contribution in [0.4, 0.5) is 5.95 Å². The molecule has 8 heteroatoms. The van der Waals surface area contributed by atoms with Crippen molar-refractivity contribution in [1.29, 1.82) is 0 Å². The summed E-state index contributed by atoms with van der Waals surface area (Å²) in [6.07, 6.45) is 3.77. The number of rotatable bonds is 5. The molecule has 0 spiro atoms. The largest absolute Gasteiger partial charge is 0.329 e. The molecule has 0 aliphatic rings. The van der Waals surface area contributed by atoms with Gasteiger partial charge in [0.25, 0.3) is 5.56 Å². The van der Waals surface area contributed by atoms with Gasteiger partial charge in [-0.3, -0.25) is 18.9 Å². The lowest BCUT2D eigenvalue weighted by molar-refractivity contribution is 0.818. The quantitative estimate of drug-likeness (QED) is 0.416. The third-order valence-electron chi connectivity index (χ3n) is 4.05. The zero-order valence-electron chi connectivity index (χ0n) is 14.9. The van der Waals surface area contributed by atoms with Crippen molar-refractivity contribution in [2.45, 2.75) is 20.4 Å². The molecular weight excluding hydrogens is 332 g/mol. The molecular formula is C18H20N6O2. The molecule has 2 aromatic heterocycles. The van der Waals surface area contributed by atoms with E-state index in [4.69, 9.17) is 0 Å². The Morgan fingerprint density at radius 1 is 1.31 bits per heavy atom. The lowest BCUT2D eigenvalue weighted by atomic mass is 10.1. The van der Waals surface area contributed by atoms with Crippen molar-refractivity contribution in [2.24, 2.45) is 12.1 Å². The summed E-state index contributed by atoms with van der Waals surface area (Å²) in [5.41, 5.74) is 4.31. The summed E-state index contributed by atoms with van der Waals surface area (Å²) in [7, 11) is 1.57. The smallest absolute Gasteiger partial charge is 0.299 e. The van der Waals surface area contributed by atoms with Crippen molar-refractivity contribution in [3.8, 4) is 0 Å². The predicted molar refractivity (Wildman–Crippen MR) is 103 cm³/mol. The van der Waals surface area contributed by atoms with Crippen molar-refractivity contribution >= 4 is 22.8 Å². The van der Waals surface area contributed by atoms with Crippen LogP contribution in [0, 0.1) is 0 Å². The Bertz CT molecular complexity index is 1100. The highest BCUT2D eigenvalue weighted by Gasteiger charge is 2.16. The van der Waals surface area contributed by atoms with Crippen LogP contribution in [0.2, 0.25) is 0 Å². The second kappa shape index (κ2) is 7.22. The molecule has 134 valence electrons. The molecule has 3 aromatic rings. The van der Waals surface area contributed by atoms with Gasteiger partial charge in [-0.1, -0.05) is 42.5 Å². The number of nitrogens with one attached hydrogen (secondary N) is 2. The number of anilines is 1. The molecule has 0 saturated heterocycles. The van der Waals surface area contributed by atoms with E-state index in [1.165, 1.54) is 4.57 Å². The minimum Gasteiger partial charge on any atom is -0.299 e. The number of imidazole rings is 1. The maximum atomic E-state index is 12.3. The van der Waals surface area contributed by atoms with Crippen LogP contribution in [-0.2, 0) is 13.6 Å². The van der Waals surface area contributed by atoms with E-state index in [1.54, 1.807) is 11.6 Å². The van der Waals surface area contributed by atoms with Gasteiger partial charge in [0.05, 0.1) is 5.71 Å². The Morgan fingerprint density at radius 2 is 2.04 bits per heavy atom. The van der Waals surface area contributed by atoms with Crippen molar-refractivity contribution in [3.63, 3.8) is 0 Å². The zero-order chi connectivity index (χ0) is 18.7. The molecule has 1 aromatic carbocycles. The summed E-state index contributed by atoms with van der Waals surface area (Å²) in [5, 5.41) is 4.37. The normalized spacial score (nSPS) is 12.2. The fourth-order valence-electron chi connectivity index (χ4n) is 2.59. The van der Waals surface area contributed by atoms with E-state index in [0.717, 1.165) is 11.3 Å². The number of hydrogen-bond donors (Lipinski definition) is 2. The molecule has 0 amide bonds. The average molecular weight is 352 g/mol. The minimum absolute atomic E-state index is 0.304. The number of hydrogen-bond acceptors (Lipinski definition) is 5.